The van der Waals surface area contributed by atoms with Crippen LogP contribution in [-0.2, 0) is 63.4 Å². The minimum atomic E-state index is -1.45. The lowest BCUT2D eigenvalue weighted by atomic mass is 9.79. The predicted octanol–water partition coefficient (Wildman–Crippen LogP) is 4.82. The Hall–Kier alpha value is -4.73. The Labute approximate surface area is 387 Å². The molecule has 0 radical (unpaired) electrons. The summed E-state index contributed by atoms with van der Waals surface area (Å²) in [7, 11) is 0. The van der Waals surface area contributed by atoms with Crippen molar-refractivity contribution >= 4 is 29.1 Å². The number of fused-ring (bicyclic) bond motifs is 2. The molecule has 1 aliphatic carbocycles. The van der Waals surface area contributed by atoms with Crippen molar-refractivity contribution < 1.29 is 87.0 Å². The van der Waals surface area contributed by atoms with E-state index in [1.54, 1.807) is 40.7 Å². The molecule has 5 heterocycles. The zero-order valence-electron chi connectivity index (χ0n) is 38.2. The van der Waals surface area contributed by atoms with Gasteiger partial charge in [0.1, 0.15) is 29.8 Å². The minimum Gasteiger partial charge on any atom is -0.507 e. The second-order valence-electron chi connectivity index (χ2n) is 18.5. The second-order valence-corrected chi connectivity index (χ2v) is 18.5. The van der Waals surface area contributed by atoms with E-state index in [0.717, 1.165) is 0 Å². The van der Waals surface area contributed by atoms with Crippen molar-refractivity contribution in [3.8, 4) is 11.5 Å². The van der Waals surface area contributed by atoms with Crippen LogP contribution in [0, 0.1) is 0 Å². The number of phenolic OH excluding ortho intramolecular Hbond substituents is 2. The lowest BCUT2D eigenvalue weighted by Crippen LogP contribution is -2.50. The summed E-state index contributed by atoms with van der Waals surface area (Å²) >= 11 is 0. The number of carbonyl (C=O) groups excluding carboxylic acids is 4. The van der Waals surface area contributed by atoms with E-state index in [-0.39, 0.29) is 63.9 Å². The van der Waals surface area contributed by atoms with Crippen molar-refractivity contribution in [3.63, 3.8) is 0 Å². The first-order chi connectivity index (χ1) is 31.8. The van der Waals surface area contributed by atoms with Crippen LogP contribution < -0.4 is 0 Å². The fourth-order valence-corrected chi connectivity index (χ4v) is 9.72. The number of rotatable bonds is 13. The first-order valence-electron chi connectivity index (χ1n) is 22.8. The third kappa shape index (κ3) is 10.3. The van der Waals surface area contributed by atoms with Crippen LogP contribution in [0.2, 0.25) is 0 Å². The standard InChI is InChI=1S/C49H58O18/c1-22-31(50)11-15-38(60-22)64-34-13-17-40(62-24(34)3)66-48-26(5)59-36(19-33(48)52)28-9-10-30-43(45(28)56)47(58)29-8-7-27(44(55)42(29)46(30)57)20-49(6,21-37(53)54)67-41-18-14-35(25(4)63-41)65-39-16-12-32(51)23(2)61-39/h7-12,15-16,22-26,33-36,38-41,48,52,55-56H,13-14,17-21H2,1-6H3,(H,53,54)/t22-,23-,24+,25+,26+,33+,34+,35+,36+,38-,39-,40+,41+,48+,49+/m0/s1. The van der Waals surface area contributed by atoms with Crippen LogP contribution in [-0.4, -0.2) is 135 Å². The van der Waals surface area contributed by atoms with Crippen LogP contribution >= 0.6 is 0 Å². The van der Waals surface area contributed by atoms with Crippen LogP contribution in [0.5, 0.6) is 11.5 Å². The highest BCUT2D eigenvalue weighted by Crippen LogP contribution is 2.45. The lowest BCUT2D eigenvalue weighted by Gasteiger charge is -2.42. The molecule has 2 aromatic carbocycles. The number of ketones is 4. The number of aliphatic hydroxyl groups excluding tert-OH is 1. The molecule has 0 amide bonds. The van der Waals surface area contributed by atoms with Gasteiger partial charge in [-0.05, 0) is 96.4 Å². The topological polar surface area (TPSA) is 249 Å². The Morgan fingerprint density at radius 1 is 0.687 bits per heavy atom. The molecule has 18 heteroatoms. The molecular formula is C49H58O18. The molecule has 3 saturated heterocycles. The van der Waals surface area contributed by atoms with Crippen molar-refractivity contribution in [1.29, 1.82) is 0 Å². The number of hydrogen-bond donors (Lipinski definition) is 4. The maximum Gasteiger partial charge on any atom is 0.306 e. The third-order valence-corrected chi connectivity index (χ3v) is 13.3. The number of carboxylic acid groups (broad SMARTS) is 1. The van der Waals surface area contributed by atoms with Gasteiger partial charge >= 0.3 is 5.97 Å². The quantitative estimate of drug-likeness (QED) is 0.179. The molecule has 15 atom stereocenters. The highest BCUT2D eigenvalue weighted by molar-refractivity contribution is 6.30. The number of phenols is 2. The van der Waals surface area contributed by atoms with Crippen LogP contribution in [0.3, 0.4) is 0 Å². The van der Waals surface area contributed by atoms with Gasteiger partial charge in [-0.15, -0.1) is 0 Å². The van der Waals surface area contributed by atoms with Crippen molar-refractivity contribution in [2.75, 3.05) is 0 Å². The molecule has 18 nitrogen and oxygen atoms in total. The first kappa shape index (κ1) is 48.7. The molecule has 4 N–H and O–H groups in total. The van der Waals surface area contributed by atoms with Gasteiger partial charge < -0.3 is 63.1 Å². The average Bonchev–Trinajstić information content (AvgIpc) is 3.26. The van der Waals surface area contributed by atoms with Gasteiger partial charge in [-0.1, -0.05) is 12.1 Å². The van der Waals surface area contributed by atoms with Crippen molar-refractivity contribution in [2.45, 2.75) is 178 Å². The Morgan fingerprint density at radius 2 is 1.22 bits per heavy atom. The average molecular weight is 935 g/mol. The van der Waals surface area contributed by atoms with E-state index in [1.165, 1.54) is 42.5 Å². The van der Waals surface area contributed by atoms with Gasteiger partial charge in [0.15, 0.2) is 48.3 Å². The largest absolute Gasteiger partial charge is 0.507 e. The normalized spacial score (nSPS) is 35.2. The van der Waals surface area contributed by atoms with Crippen LogP contribution in [0.15, 0.2) is 48.6 Å². The smallest absolute Gasteiger partial charge is 0.306 e. The highest BCUT2D eigenvalue weighted by Gasteiger charge is 2.44. The number of aromatic hydroxyl groups is 2. The zero-order chi connectivity index (χ0) is 48.1. The van der Waals surface area contributed by atoms with Crippen LogP contribution in [0.1, 0.15) is 129 Å². The highest BCUT2D eigenvalue weighted by atomic mass is 16.7. The summed E-state index contributed by atoms with van der Waals surface area (Å²) in [6.07, 6.45) is -2.21. The third-order valence-electron chi connectivity index (χ3n) is 13.3. The van der Waals surface area contributed by atoms with Gasteiger partial charge in [0.05, 0.1) is 65.9 Å². The Bertz CT molecular complexity index is 2310. The molecular weight excluding hydrogens is 877 g/mol. The van der Waals surface area contributed by atoms with Crippen LogP contribution in [0.4, 0.5) is 0 Å². The number of carboxylic acids is 1. The summed E-state index contributed by atoms with van der Waals surface area (Å²) in [6, 6.07) is 5.60. The van der Waals surface area contributed by atoms with Crippen molar-refractivity contribution in [1.82, 2.24) is 0 Å². The van der Waals surface area contributed by atoms with E-state index < -0.39 is 121 Å². The summed E-state index contributed by atoms with van der Waals surface area (Å²) in [5.41, 5.74) is -2.01. The van der Waals surface area contributed by atoms with E-state index in [2.05, 4.69) is 0 Å². The number of aliphatic hydroxyl groups is 1. The molecule has 8 rings (SSSR count). The summed E-state index contributed by atoms with van der Waals surface area (Å²) < 4.78 is 54.4. The molecule has 6 aliphatic rings. The molecule has 5 aliphatic heterocycles. The Balaban J connectivity index is 0.909. The van der Waals surface area contributed by atoms with Gasteiger partial charge in [-0.3, -0.25) is 24.0 Å². The van der Waals surface area contributed by atoms with Crippen molar-refractivity contribution in [2.24, 2.45) is 0 Å². The molecule has 0 unspecified atom stereocenters. The van der Waals surface area contributed by atoms with E-state index in [9.17, 15) is 44.4 Å². The van der Waals surface area contributed by atoms with Crippen molar-refractivity contribution in [3.05, 3.63) is 82.0 Å². The Morgan fingerprint density at radius 3 is 1.76 bits per heavy atom. The van der Waals surface area contributed by atoms with E-state index >= 15 is 0 Å². The minimum absolute atomic E-state index is 0.0215. The summed E-state index contributed by atoms with van der Waals surface area (Å²) in [6.45, 7) is 10.2. The summed E-state index contributed by atoms with van der Waals surface area (Å²) in [5, 5.41) is 44.6. The number of carbonyl (C=O) groups is 5. The van der Waals surface area contributed by atoms with Gasteiger partial charge in [-0.2, -0.15) is 0 Å². The van der Waals surface area contributed by atoms with Gasteiger partial charge in [0, 0.05) is 42.4 Å². The summed E-state index contributed by atoms with van der Waals surface area (Å²) in [4.78, 5) is 64.0. The van der Waals surface area contributed by atoms with Gasteiger partial charge in [-0.25, -0.2) is 0 Å². The van der Waals surface area contributed by atoms with E-state index in [1.807, 2.05) is 6.92 Å². The fraction of sp³-hybridized carbons (Fsp3) is 0.571. The lowest BCUT2D eigenvalue weighted by molar-refractivity contribution is -0.292. The Kier molecular flexibility index (Phi) is 14.3. The molecule has 0 spiro atoms. The maximum atomic E-state index is 14.1. The first-order valence-corrected chi connectivity index (χ1v) is 22.8. The number of benzene rings is 2. The van der Waals surface area contributed by atoms with Gasteiger partial charge in [0.2, 0.25) is 0 Å². The summed E-state index contributed by atoms with van der Waals surface area (Å²) in [5.74, 6) is -3.95. The van der Waals surface area contributed by atoms with Crippen LogP contribution in [0.25, 0.3) is 0 Å². The zero-order valence-corrected chi connectivity index (χ0v) is 38.2. The number of aliphatic carboxylic acids is 1. The molecule has 3 fully saturated rings. The molecule has 2 aromatic rings. The predicted molar refractivity (Wildman–Crippen MR) is 231 cm³/mol. The maximum absolute atomic E-state index is 14.1. The van der Waals surface area contributed by atoms with Gasteiger partial charge in [0.25, 0.3) is 0 Å². The van der Waals surface area contributed by atoms with E-state index in [4.69, 9.17) is 42.6 Å². The molecule has 362 valence electrons. The number of hydrogen-bond acceptors (Lipinski definition) is 17. The molecule has 0 aromatic heterocycles. The fourth-order valence-electron chi connectivity index (χ4n) is 9.72. The van der Waals surface area contributed by atoms with E-state index in [0.29, 0.717) is 25.7 Å². The second kappa shape index (κ2) is 19.7. The monoisotopic (exact) mass is 934 g/mol. The number of ether oxygens (including phenoxy) is 9. The SMILES string of the molecule is C[C@@H]1O[C@@H](O[C@@H]2CC[C@@H](O[C@@](C)(CC(=O)O)Cc3ccc4c(c3O)C(=O)c3ccc([C@H]5C[C@@H](O)[C@H](O[C@@H]6CC[C@@H](O[C@H]7C=CC(=O)[C@H](C)O7)[C@@H](C)O6)[C@@H](C)O5)c(O)c3C4=O)O[C@@H]2C)C=CC1=O. The molecule has 0 bridgehead atoms. The molecule has 67 heavy (non-hydrogen) atoms. The molecule has 0 saturated carbocycles.